The molecule has 1 aliphatic heterocycles. The molecule has 2 heterocycles. The average Bonchev–Trinajstić information content (AvgIpc) is 2.68. The van der Waals surface area contributed by atoms with Crippen LogP contribution in [0, 0.1) is 6.92 Å². The Morgan fingerprint density at radius 1 is 1.27 bits per heavy atom. The average molecular weight is 354 g/mol. The first-order chi connectivity index (χ1) is 12.7. The van der Waals surface area contributed by atoms with Crippen LogP contribution in [0.5, 0.6) is 5.88 Å². The minimum Gasteiger partial charge on any atom is -0.477 e. The number of carbonyl (C=O) groups is 1. The molecule has 2 aromatic rings. The Kier molecular flexibility index (Phi) is 5.89. The molecule has 1 amide bonds. The van der Waals surface area contributed by atoms with E-state index in [4.69, 9.17) is 9.47 Å². The van der Waals surface area contributed by atoms with Gasteiger partial charge in [0.2, 0.25) is 11.8 Å². The van der Waals surface area contributed by atoms with Crippen molar-refractivity contribution in [2.45, 2.75) is 38.5 Å². The molecule has 0 radical (unpaired) electrons. The SMILES string of the molecule is CCCOc1ncc(NC(=O)C2(c3ccccc3)CCOCC2)cc1C. The molecule has 26 heavy (non-hydrogen) atoms. The zero-order chi connectivity index (χ0) is 18.4. The van der Waals surface area contributed by atoms with E-state index in [0.29, 0.717) is 44.2 Å². The molecule has 1 aromatic heterocycles. The van der Waals surface area contributed by atoms with Gasteiger partial charge in [-0.05, 0) is 37.8 Å². The normalized spacial score (nSPS) is 16.1. The molecule has 0 atom stereocenters. The standard InChI is InChI=1S/C21H26N2O3/c1-3-11-26-19-16(2)14-18(15-22-19)23-20(24)21(9-12-25-13-10-21)17-7-5-4-6-8-17/h4-8,14-15H,3,9-13H2,1-2H3,(H,23,24). The lowest BCUT2D eigenvalue weighted by Gasteiger charge is -2.36. The quantitative estimate of drug-likeness (QED) is 0.855. The lowest BCUT2D eigenvalue weighted by atomic mass is 9.73. The molecule has 1 aromatic carbocycles. The van der Waals surface area contributed by atoms with Crippen molar-refractivity contribution in [3.8, 4) is 5.88 Å². The summed E-state index contributed by atoms with van der Waals surface area (Å²) >= 11 is 0. The van der Waals surface area contributed by atoms with Gasteiger partial charge in [-0.2, -0.15) is 0 Å². The molecule has 0 bridgehead atoms. The molecule has 1 saturated heterocycles. The minimum absolute atomic E-state index is 0.00423. The monoisotopic (exact) mass is 354 g/mol. The van der Waals surface area contributed by atoms with Crippen molar-refractivity contribution >= 4 is 11.6 Å². The fourth-order valence-electron chi connectivity index (χ4n) is 3.36. The first-order valence-corrected chi connectivity index (χ1v) is 9.20. The van der Waals surface area contributed by atoms with Crippen LogP contribution >= 0.6 is 0 Å². The number of pyridine rings is 1. The maximum atomic E-state index is 13.2. The van der Waals surface area contributed by atoms with Gasteiger partial charge in [0.1, 0.15) is 0 Å². The van der Waals surface area contributed by atoms with Crippen molar-refractivity contribution in [1.29, 1.82) is 0 Å². The maximum Gasteiger partial charge on any atom is 0.235 e. The molecule has 1 N–H and O–H groups in total. The van der Waals surface area contributed by atoms with Gasteiger partial charge in [-0.15, -0.1) is 0 Å². The van der Waals surface area contributed by atoms with E-state index < -0.39 is 5.41 Å². The van der Waals surface area contributed by atoms with Gasteiger partial charge >= 0.3 is 0 Å². The number of rotatable bonds is 6. The molecule has 138 valence electrons. The van der Waals surface area contributed by atoms with E-state index in [1.807, 2.05) is 43.3 Å². The molecule has 1 aliphatic rings. The Bertz CT molecular complexity index is 740. The summed E-state index contributed by atoms with van der Waals surface area (Å²) in [6.07, 6.45) is 3.94. The number of ether oxygens (including phenoxy) is 2. The third-order valence-corrected chi connectivity index (χ3v) is 4.84. The van der Waals surface area contributed by atoms with Crippen LogP contribution in [0.4, 0.5) is 5.69 Å². The van der Waals surface area contributed by atoms with Gasteiger partial charge in [0.25, 0.3) is 0 Å². The van der Waals surface area contributed by atoms with Gasteiger partial charge in [-0.3, -0.25) is 4.79 Å². The first-order valence-electron chi connectivity index (χ1n) is 9.20. The summed E-state index contributed by atoms with van der Waals surface area (Å²) in [4.78, 5) is 17.6. The number of nitrogens with zero attached hydrogens (tertiary/aromatic N) is 1. The second kappa shape index (κ2) is 8.32. The third kappa shape index (κ3) is 3.88. The fourth-order valence-corrected chi connectivity index (χ4v) is 3.36. The number of hydrogen-bond donors (Lipinski definition) is 1. The van der Waals surface area contributed by atoms with Crippen molar-refractivity contribution in [3.05, 3.63) is 53.7 Å². The minimum atomic E-state index is -0.565. The van der Waals surface area contributed by atoms with Crippen molar-refractivity contribution in [2.24, 2.45) is 0 Å². The molecule has 0 aliphatic carbocycles. The first kappa shape index (κ1) is 18.4. The molecule has 5 heteroatoms. The molecule has 5 nitrogen and oxygen atoms in total. The number of benzene rings is 1. The van der Waals surface area contributed by atoms with E-state index in [9.17, 15) is 4.79 Å². The Labute approximate surface area is 154 Å². The number of aromatic nitrogens is 1. The zero-order valence-corrected chi connectivity index (χ0v) is 15.5. The number of hydrogen-bond acceptors (Lipinski definition) is 4. The van der Waals surface area contributed by atoms with Crippen LogP contribution in [0.15, 0.2) is 42.6 Å². The Balaban J connectivity index is 1.81. The Morgan fingerprint density at radius 2 is 2.00 bits per heavy atom. The number of amides is 1. The van der Waals surface area contributed by atoms with Crippen LogP contribution in [-0.4, -0.2) is 30.7 Å². The van der Waals surface area contributed by atoms with E-state index in [0.717, 1.165) is 17.5 Å². The molecular formula is C21H26N2O3. The summed E-state index contributed by atoms with van der Waals surface area (Å²) < 4.78 is 11.1. The van der Waals surface area contributed by atoms with E-state index in [-0.39, 0.29) is 5.91 Å². The molecule has 3 rings (SSSR count). The van der Waals surface area contributed by atoms with Gasteiger partial charge in [0.05, 0.1) is 23.9 Å². The summed E-state index contributed by atoms with van der Waals surface area (Å²) in [5.74, 6) is 0.615. The molecule has 1 fully saturated rings. The van der Waals surface area contributed by atoms with E-state index in [2.05, 4.69) is 17.2 Å². The number of nitrogens with one attached hydrogen (secondary N) is 1. The summed E-state index contributed by atoms with van der Waals surface area (Å²) in [5.41, 5.74) is 2.08. The fraction of sp³-hybridized carbons (Fsp3) is 0.429. The highest BCUT2D eigenvalue weighted by molar-refractivity contribution is 5.99. The predicted molar refractivity (Wildman–Crippen MR) is 102 cm³/mol. The van der Waals surface area contributed by atoms with Crippen LogP contribution in [-0.2, 0) is 14.9 Å². The zero-order valence-electron chi connectivity index (χ0n) is 15.5. The van der Waals surface area contributed by atoms with Crippen molar-refractivity contribution < 1.29 is 14.3 Å². The van der Waals surface area contributed by atoms with Crippen molar-refractivity contribution in [2.75, 3.05) is 25.1 Å². The van der Waals surface area contributed by atoms with Crippen LogP contribution in [0.25, 0.3) is 0 Å². The van der Waals surface area contributed by atoms with Crippen LogP contribution in [0.1, 0.15) is 37.3 Å². The second-order valence-corrected chi connectivity index (χ2v) is 6.71. The van der Waals surface area contributed by atoms with Crippen LogP contribution in [0.3, 0.4) is 0 Å². The smallest absolute Gasteiger partial charge is 0.235 e. The Hall–Kier alpha value is -2.40. The van der Waals surface area contributed by atoms with Crippen molar-refractivity contribution in [1.82, 2.24) is 4.98 Å². The molecular weight excluding hydrogens is 328 g/mol. The van der Waals surface area contributed by atoms with Gasteiger partial charge in [0, 0.05) is 18.8 Å². The molecule has 0 saturated carbocycles. The highest BCUT2D eigenvalue weighted by Crippen LogP contribution is 2.36. The van der Waals surface area contributed by atoms with Gasteiger partial charge in [-0.1, -0.05) is 37.3 Å². The lowest BCUT2D eigenvalue weighted by molar-refractivity contribution is -0.125. The number of aryl methyl sites for hydroxylation is 1. The highest BCUT2D eigenvalue weighted by atomic mass is 16.5. The van der Waals surface area contributed by atoms with E-state index in [1.54, 1.807) is 6.20 Å². The summed E-state index contributed by atoms with van der Waals surface area (Å²) in [5, 5.41) is 3.06. The molecule has 0 unspecified atom stereocenters. The van der Waals surface area contributed by atoms with Gasteiger partial charge in [-0.25, -0.2) is 4.98 Å². The lowest BCUT2D eigenvalue weighted by Crippen LogP contribution is -2.44. The number of anilines is 1. The largest absolute Gasteiger partial charge is 0.477 e. The van der Waals surface area contributed by atoms with Crippen LogP contribution in [0.2, 0.25) is 0 Å². The predicted octanol–water partition coefficient (Wildman–Crippen LogP) is 3.87. The van der Waals surface area contributed by atoms with E-state index in [1.165, 1.54) is 0 Å². The van der Waals surface area contributed by atoms with Gasteiger partial charge in [0.15, 0.2) is 0 Å². The topological polar surface area (TPSA) is 60.5 Å². The molecule has 0 spiro atoms. The third-order valence-electron chi connectivity index (χ3n) is 4.84. The Morgan fingerprint density at radius 3 is 2.65 bits per heavy atom. The van der Waals surface area contributed by atoms with E-state index >= 15 is 0 Å². The van der Waals surface area contributed by atoms with Crippen molar-refractivity contribution in [3.63, 3.8) is 0 Å². The summed E-state index contributed by atoms with van der Waals surface area (Å²) in [6, 6.07) is 11.9. The summed E-state index contributed by atoms with van der Waals surface area (Å²) in [7, 11) is 0. The van der Waals surface area contributed by atoms with Crippen LogP contribution < -0.4 is 10.1 Å². The summed E-state index contributed by atoms with van der Waals surface area (Å²) in [6.45, 7) is 5.80. The van der Waals surface area contributed by atoms with Gasteiger partial charge < -0.3 is 14.8 Å². The maximum absolute atomic E-state index is 13.2. The number of carbonyl (C=O) groups excluding carboxylic acids is 1. The highest BCUT2D eigenvalue weighted by Gasteiger charge is 2.41. The second-order valence-electron chi connectivity index (χ2n) is 6.71.